The van der Waals surface area contributed by atoms with Crippen molar-refractivity contribution in [3.05, 3.63) is 70.0 Å². The van der Waals surface area contributed by atoms with Crippen LogP contribution in [0.3, 0.4) is 0 Å². The van der Waals surface area contributed by atoms with Crippen LogP contribution in [0.1, 0.15) is 18.7 Å². The predicted molar refractivity (Wildman–Crippen MR) is 120 cm³/mol. The molecule has 10 heteroatoms. The van der Waals surface area contributed by atoms with Crippen molar-refractivity contribution in [2.24, 2.45) is 0 Å². The fourth-order valence-corrected chi connectivity index (χ4v) is 4.76. The van der Waals surface area contributed by atoms with Gasteiger partial charge in [0, 0.05) is 23.8 Å². The second kappa shape index (κ2) is 7.99. The first kappa shape index (κ1) is 20.6. The second-order valence-corrected chi connectivity index (χ2v) is 8.57. The Bertz CT molecular complexity index is 1330. The third-order valence-corrected chi connectivity index (χ3v) is 6.39. The standard InChI is InChI=1S/C22H17ClN4O4S/c1-3-8-32-22-24-20(29)19-13-6-4-5-7-16(13)26(12(2)28)21(27(19)25-22)14-9-17-18(10-15(14)23)31-11-30-17/h3-7,9-10,21H,1,8,11H2,2H3/p+1/t21-/m0/s1. The van der Waals surface area contributed by atoms with E-state index in [4.69, 9.17) is 21.1 Å². The van der Waals surface area contributed by atoms with Gasteiger partial charge in [-0.1, -0.05) is 41.6 Å². The minimum atomic E-state index is -0.801. The van der Waals surface area contributed by atoms with Gasteiger partial charge in [0.05, 0.1) is 21.8 Å². The molecule has 0 fully saturated rings. The molecule has 0 aliphatic carbocycles. The van der Waals surface area contributed by atoms with Gasteiger partial charge >= 0.3 is 11.3 Å². The van der Waals surface area contributed by atoms with Gasteiger partial charge in [-0.2, -0.15) is 0 Å². The van der Waals surface area contributed by atoms with Crippen molar-refractivity contribution in [2.45, 2.75) is 18.2 Å². The molecule has 0 bridgehead atoms. The minimum absolute atomic E-state index is 0.0863. The largest absolute Gasteiger partial charge is 0.454 e. The fraction of sp³-hybridized carbons (Fsp3) is 0.182. The number of rotatable bonds is 4. The highest BCUT2D eigenvalue weighted by molar-refractivity contribution is 7.99. The van der Waals surface area contributed by atoms with E-state index in [9.17, 15) is 9.59 Å². The molecule has 0 saturated carbocycles. The summed E-state index contributed by atoms with van der Waals surface area (Å²) in [5.41, 5.74) is 1.77. The number of hydrogen-bond acceptors (Lipinski definition) is 6. The van der Waals surface area contributed by atoms with Gasteiger partial charge in [0.15, 0.2) is 11.5 Å². The maximum absolute atomic E-state index is 13.2. The summed E-state index contributed by atoms with van der Waals surface area (Å²) in [7, 11) is 0. The monoisotopic (exact) mass is 469 g/mol. The van der Waals surface area contributed by atoms with Gasteiger partial charge in [0.1, 0.15) is 0 Å². The molecule has 3 aromatic rings. The van der Waals surface area contributed by atoms with E-state index in [0.717, 1.165) is 0 Å². The van der Waals surface area contributed by atoms with E-state index in [-0.39, 0.29) is 18.3 Å². The maximum Gasteiger partial charge on any atom is 0.325 e. The summed E-state index contributed by atoms with van der Waals surface area (Å²) in [6.07, 6.45) is 0.919. The minimum Gasteiger partial charge on any atom is -0.454 e. The number of hydrogen-bond donors (Lipinski definition) is 1. The molecule has 8 nitrogen and oxygen atoms in total. The van der Waals surface area contributed by atoms with E-state index in [0.29, 0.717) is 49.9 Å². The van der Waals surface area contributed by atoms with Crippen molar-refractivity contribution in [1.29, 1.82) is 0 Å². The van der Waals surface area contributed by atoms with Crippen LogP contribution in [0.2, 0.25) is 5.02 Å². The fourth-order valence-electron chi connectivity index (χ4n) is 3.93. The molecule has 1 atom stereocenters. The summed E-state index contributed by atoms with van der Waals surface area (Å²) in [6, 6.07) is 10.6. The lowest BCUT2D eigenvalue weighted by atomic mass is 10.0. The Kier molecular flexibility index (Phi) is 5.15. The lowest BCUT2D eigenvalue weighted by Crippen LogP contribution is -2.60. The van der Waals surface area contributed by atoms with E-state index in [1.165, 1.54) is 18.7 Å². The van der Waals surface area contributed by atoms with Crippen molar-refractivity contribution < 1.29 is 19.0 Å². The normalized spacial score (nSPS) is 15.8. The molecule has 1 amide bonds. The van der Waals surface area contributed by atoms with Gasteiger partial charge in [-0.25, -0.2) is 4.90 Å². The number of aromatic amines is 1. The third kappa shape index (κ3) is 3.25. The number of nitrogens with zero attached hydrogens (tertiary/aromatic N) is 3. The van der Waals surface area contributed by atoms with Crippen molar-refractivity contribution in [3.63, 3.8) is 0 Å². The number of carbonyl (C=O) groups excluding carboxylic acids is 1. The Labute approximate surface area is 192 Å². The number of amides is 1. The number of para-hydroxylation sites is 1. The van der Waals surface area contributed by atoms with Crippen molar-refractivity contribution in [3.8, 4) is 22.8 Å². The lowest BCUT2D eigenvalue weighted by molar-refractivity contribution is -0.763. The number of benzene rings is 2. The molecule has 0 saturated heterocycles. The molecular weight excluding hydrogens is 452 g/mol. The van der Waals surface area contributed by atoms with E-state index in [1.807, 2.05) is 12.1 Å². The number of halogens is 1. The average molecular weight is 470 g/mol. The first-order chi connectivity index (χ1) is 15.5. The molecule has 0 spiro atoms. The maximum atomic E-state index is 13.2. The van der Waals surface area contributed by atoms with E-state index in [1.54, 1.807) is 39.9 Å². The van der Waals surface area contributed by atoms with Crippen molar-refractivity contribution in [1.82, 2.24) is 10.1 Å². The van der Waals surface area contributed by atoms with Crippen molar-refractivity contribution in [2.75, 3.05) is 17.4 Å². The van der Waals surface area contributed by atoms with Crippen LogP contribution >= 0.6 is 23.4 Å². The highest BCUT2D eigenvalue weighted by Gasteiger charge is 2.46. The summed E-state index contributed by atoms with van der Waals surface area (Å²) < 4.78 is 12.5. The Hall–Kier alpha value is -3.30. The summed E-state index contributed by atoms with van der Waals surface area (Å²) in [6.45, 7) is 5.27. The predicted octanol–water partition coefficient (Wildman–Crippen LogP) is 3.30. The number of thioether (sulfide) groups is 1. The van der Waals surface area contributed by atoms with Gasteiger partial charge in [0.2, 0.25) is 17.9 Å². The number of anilines is 1. The number of aromatic nitrogens is 3. The SMILES string of the molecule is C=CCSc1n[n+]2c(c(=O)[nH]1)-c1ccccc1N(C(C)=O)[C@@H]2c1cc2c(cc1Cl)OCO2. The van der Waals surface area contributed by atoms with Gasteiger partial charge in [-0.15, -0.1) is 6.58 Å². The zero-order valence-electron chi connectivity index (χ0n) is 17.0. The molecule has 2 aliphatic rings. The van der Waals surface area contributed by atoms with Crippen LogP contribution in [-0.2, 0) is 4.79 Å². The summed E-state index contributed by atoms with van der Waals surface area (Å²) in [5.74, 6) is 1.37. The molecule has 0 unspecified atom stereocenters. The van der Waals surface area contributed by atoms with Gasteiger partial charge in [-0.3, -0.25) is 14.6 Å². The first-order valence-electron chi connectivity index (χ1n) is 9.77. The van der Waals surface area contributed by atoms with Crippen LogP contribution < -0.4 is 24.6 Å². The number of nitrogens with one attached hydrogen (secondary N) is 1. The molecule has 5 rings (SSSR count). The zero-order valence-corrected chi connectivity index (χ0v) is 18.6. The quantitative estimate of drug-likeness (QED) is 0.358. The number of fused-ring (bicyclic) bond motifs is 4. The molecule has 1 aromatic heterocycles. The summed E-state index contributed by atoms with van der Waals surface area (Å²) in [5, 5.41) is 5.46. The summed E-state index contributed by atoms with van der Waals surface area (Å²) >= 11 is 7.98. The highest BCUT2D eigenvalue weighted by Crippen LogP contribution is 2.43. The Balaban J connectivity index is 1.82. The van der Waals surface area contributed by atoms with E-state index < -0.39 is 6.17 Å². The third-order valence-electron chi connectivity index (χ3n) is 5.21. The number of H-pyrrole nitrogens is 1. The van der Waals surface area contributed by atoms with Crippen LogP contribution in [0.15, 0.2) is 59.0 Å². The average Bonchev–Trinajstić information content (AvgIpc) is 3.23. The first-order valence-corrected chi connectivity index (χ1v) is 11.1. The van der Waals surface area contributed by atoms with Crippen LogP contribution in [0, 0.1) is 0 Å². The molecule has 2 aromatic carbocycles. The number of carbonyl (C=O) groups is 1. The Morgan fingerprint density at radius 2 is 2.12 bits per heavy atom. The summed E-state index contributed by atoms with van der Waals surface area (Å²) in [4.78, 5) is 30.5. The molecule has 32 heavy (non-hydrogen) atoms. The topological polar surface area (TPSA) is 88.4 Å². The van der Waals surface area contributed by atoms with Crippen LogP contribution in [0.25, 0.3) is 11.3 Å². The molecular formula is C22H18ClN4O4S+. The van der Waals surface area contributed by atoms with Gasteiger partial charge < -0.3 is 9.47 Å². The Morgan fingerprint density at radius 3 is 2.88 bits per heavy atom. The van der Waals surface area contributed by atoms with Crippen LogP contribution in [0.4, 0.5) is 5.69 Å². The highest BCUT2D eigenvalue weighted by atomic mass is 35.5. The number of ether oxygens (including phenoxy) is 2. The second-order valence-electron chi connectivity index (χ2n) is 7.16. The van der Waals surface area contributed by atoms with E-state index >= 15 is 0 Å². The van der Waals surface area contributed by atoms with Crippen LogP contribution in [0.5, 0.6) is 11.5 Å². The molecule has 0 radical (unpaired) electrons. The van der Waals surface area contributed by atoms with Crippen LogP contribution in [-0.4, -0.2) is 28.5 Å². The molecule has 1 N–H and O–H groups in total. The van der Waals surface area contributed by atoms with Gasteiger partial charge in [0.25, 0.3) is 6.17 Å². The zero-order chi connectivity index (χ0) is 22.4. The van der Waals surface area contributed by atoms with Gasteiger partial charge in [-0.05, 0) is 22.9 Å². The van der Waals surface area contributed by atoms with Crippen molar-refractivity contribution >= 4 is 35.0 Å². The molecule has 162 valence electrons. The Morgan fingerprint density at radius 1 is 1.38 bits per heavy atom. The molecule has 2 aliphatic heterocycles. The van der Waals surface area contributed by atoms with E-state index in [2.05, 4.69) is 16.7 Å². The smallest absolute Gasteiger partial charge is 0.325 e. The lowest BCUT2D eigenvalue weighted by Gasteiger charge is -2.31. The molecule has 3 heterocycles.